The third-order valence-corrected chi connectivity index (χ3v) is 4.27. The molecule has 0 atom stereocenters. The number of hydrogen-bond acceptors (Lipinski definition) is 3. The summed E-state index contributed by atoms with van der Waals surface area (Å²) in [5.74, 6) is 0.0496. The fourth-order valence-electron chi connectivity index (χ4n) is 2.50. The van der Waals surface area contributed by atoms with E-state index in [1.165, 1.54) is 13.3 Å². The Morgan fingerprint density at radius 3 is 2.71 bits per heavy atom. The van der Waals surface area contributed by atoms with Gasteiger partial charge in [-0.25, -0.2) is 0 Å². The number of benzene rings is 2. The minimum absolute atomic E-state index is 0.0233. The first-order valence-corrected chi connectivity index (χ1v) is 7.65. The number of aromatic amines is 1. The van der Waals surface area contributed by atoms with Crippen LogP contribution in [0.3, 0.4) is 0 Å². The van der Waals surface area contributed by atoms with Crippen LogP contribution in [0.1, 0.15) is 15.9 Å². The molecule has 122 valence electrons. The summed E-state index contributed by atoms with van der Waals surface area (Å²) in [5, 5.41) is 3.67. The largest absolute Gasteiger partial charge is 0.495 e. The molecule has 0 saturated heterocycles. The number of amides is 1. The van der Waals surface area contributed by atoms with Crippen molar-refractivity contribution in [2.45, 2.75) is 6.92 Å². The summed E-state index contributed by atoms with van der Waals surface area (Å²) in [6.45, 7) is 1.80. The first-order valence-electron chi connectivity index (χ1n) is 7.27. The van der Waals surface area contributed by atoms with Gasteiger partial charge in [-0.1, -0.05) is 23.7 Å². The third kappa shape index (κ3) is 2.74. The molecule has 0 saturated carbocycles. The van der Waals surface area contributed by atoms with E-state index in [9.17, 15) is 9.59 Å². The van der Waals surface area contributed by atoms with Gasteiger partial charge in [0.25, 0.3) is 5.91 Å². The molecule has 1 amide bonds. The summed E-state index contributed by atoms with van der Waals surface area (Å²) in [5.41, 5.74) is 1.53. The van der Waals surface area contributed by atoms with Crippen molar-refractivity contribution in [3.05, 3.63) is 69.0 Å². The van der Waals surface area contributed by atoms with Crippen LogP contribution in [0.4, 0.5) is 5.69 Å². The van der Waals surface area contributed by atoms with Gasteiger partial charge in [-0.15, -0.1) is 0 Å². The van der Waals surface area contributed by atoms with Gasteiger partial charge in [-0.05, 0) is 36.8 Å². The van der Waals surface area contributed by atoms with Crippen LogP contribution in [-0.4, -0.2) is 18.0 Å². The van der Waals surface area contributed by atoms with Crippen molar-refractivity contribution < 1.29 is 9.53 Å². The van der Waals surface area contributed by atoms with Gasteiger partial charge in [0, 0.05) is 16.9 Å². The summed E-state index contributed by atoms with van der Waals surface area (Å²) >= 11 is 6.05. The standard InChI is InChI=1S/C18H15ClN2O3/c1-10-13(19)6-4-7-14(10)21-18(23)12-9-20-16-11(17(12)22)5-3-8-15(16)24-2/h3-9H,1-2H3,(H,20,22)(H,21,23). The zero-order valence-electron chi connectivity index (χ0n) is 13.1. The van der Waals surface area contributed by atoms with Crippen LogP contribution < -0.4 is 15.5 Å². The summed E-state index contributed by atoms with van der Waals surface area (Å²) in [4.78, 5) is 28.1. The van der Waals surface area contributed by atoms with Crippen LogP contribution in [0.25, 0.3) is 10.9 Å². The molecular formula is C18H15ClN2O3. The number of H-pyrrole nitrogens is 1. The van der Waals surface area contributed by atoms with Crippen molar-refractivity contribution in [1.29, 1.82) is 0 Å². The lowest BCUT2D eigenvalue weighted by atomic mass is 10.1. The number of hydrogen-bond donors (Lipinski definition) is 2. The average molecular weight is 343 g/mol. The predicted octanol–water partition coefficient (Wildman–Crippen LogP) is 3.75. The van der Waals surface area contributed by atoms with Crippen molar-refractivity contribution in [2.75, 3.05) is 12.4 Å². The normalized spacial score (nSPS) is 10.6. The molecule has 1 heterocycles. The quantitative estimate of drug-likeness (QED) is 0.761. The van der Waals surface area contributed by atoms with Gasteiger partial charge < -0.3 is 15.0 Å². The van der Waals surface area contributed by atoms with Crippen LogP contribution in [0.15, 0.2) is 47.4 Å². The van der Waals surface area contributed by atoms with E-state index in [0.717, 1.165) is 5.56 Å². The second-order valence-electron chi connectivity index (χ2n) is 5.28. The van der Waals surface area contributed by atoms with E-state index >= 15 is 0 Å². The van der Waals surface area contributed by atoms with Crippen molar-refractivity contribution >= 4 is 34.1 Å². The van der Waals surface area contributed by atoms with Gasteiger partial charge in [0.15, 0.2) is 0 Å². The number of anilines is 1. The van der Waals surface area contributed by atoms with Crippen LogP contribution in [0, 0.1) is 6.92 Å². The number of carbonyl (C=O) groups is 1. The van der Waals surface area contributed by atoms with Gasteiger partial charge in [0.1, 0.15) is 11.3 Å². The van der Waals surface area contributed by atoms with Crippen LogP contribution in [-0.2, 0) is 0 Å². The number of carbonyl (C=O) groups excluding carboxylic acids is 1. The highest BCUT2D eigenvalue weighted by atomic mass is 35.5. The van der Waals surface area contributed by atoms with Crippen LogP contribution >= 0.6 is 11.6 Å². The summed E-state index contributed by atoms with van der Waals surface area (Å²) < 4.78 is 5.22. The molecule has 0 bridgehead atoms. The Hall–Kier alpha value is -2.79. The molecule has 0 spiro atoms. The fraction of sp³-hybridized carbons (Fsp3) is 0.111. The number of aromatic nitrogens is 1. The van der Waals surface area contributed by atoms with E-state index < -0.39 is 5.91 Å². The molecule has 24 heavy (non-hydrogen) atoms. The van der Waals surface area contributed by atoms with Gasteiger partial charge in [0.2, 0.25) is 5.43 Å². The molecule has 3 rings (SSSR count). The smallest absolute Gasteiger partial charge is 0.261 e. The number of para-hydroxylation sites is 1. The van der Waals surface area contributed by atoms with Crippen molar-refractivity contribution in [2.24, 2.45) is 0 Å². The third-order valence-electron chi connectivity index (χ3n) is 3.86. The first-order chi connectivity index (χ1) is 11.5. The van der Waals surface area contributed by atoms with Crippen molar-refractivity contribution in [3.8, 4) is 5.75 Å². The van der Waals surface area contributed by atoms with E-state index in [-0.39, 0.29) is 11.0 Å². The fourth-order valence-corrected chi connectivity index (χ4v) is 2.67. The molecule has 0 fully saturated rings. The van der Waals surface area contributed by atoms with E-state index in [2.05, 4.69) is 10.3 Å². The molecule has 5 nitrogen and oxygen atoms in total. The first kappa shape index (κ1) is 16.1. The minimum atomic E-state index is -0.494. The molecule has 3 aromatic rings. The van der Waals surface area contributed by atoms with Crippen LogP contribution in [0.2, 0.25) is 5.02 Å². The molecule has 0 radical (unpaired) electrons. The Balaban J connectivity index is 2.03. The zero-order valence-corrected chi connectivity index (χ0v) is 13.9. The molecular weight excluding hydrogens is 328 g/mol. The summed E-state index contributed by atoms with van der Waals surface area (Å²) in [7, 11) is 1.52. The number of ether oxygens (including phenoxy) is 1. The number of nitrogens with one attached hydrogen (secondary N) is 2. The average Bonchev–Trinajstić information content (AvgIpc) is 2.59. The SMILES string of the molecule is COc1cccc2c(=O)c(C(=O)Nc3cccc(Cl)c3C)c[nH]c12. The van der Waals surface area contributed by atoms with Gasteiger partial charge in [0.05, 0.1) is 18.0 Å². The van der Waals surface area contributed by atoms with E-state index in [4.69, 9.17) is 16.3 Å². The second-order valence-corrected chi connectivity index (χ2v) is 5.69. The second kappa shape index (κ2) is 6.37. The highest BCUT2D eigenvalue weighted by Gasteiger charge is 2.16. The Bertz CT molecular complexity index is 995. The monoisotopic (exact) mass is 342 g/mol. The van der Waals surface area contributed by atoms with Gasteiger partial charge in [-0.2, -0.15) is 0 Å². The number of rotatable bonds is 3. The molecule has 0 aliphatic carbocycles. The Kier molecular flexibility index (Phi) is 4.27. The Morgan fingerprint density at radius 1 is 1.21 bits per heavy atom. The molecule has 0 unspecified atom stereocenters. The Labute approximate surface area is 143 Å². The maximum Gasteiger partial charge on any atom is 0.261 e. The van der Waals surface area contributed by atoms with Gasteiger partial charge in [-0.3, -0.25) is 9.59 Å². The molecule has 0 aliphatic heterocycles. The maximum atomic E-state index is 12.6. The minimum Gasteiger partial charge on any atom is -0.495 e. The molecule has 2 N–H and O–H groups in total. The van der Waals surface area contributed by atoms with Crippen molar-refractivity contribution in [3.63, 3.8) is 0 Å². The van der Waals surface area contributed by atoms with E-state index in [1.807, 2.05) is 0 Å². The number of methoxy groups -OCH3 is 1. The highest BCUT2D eigenvalue weighted by Crippen LogP contribution is 2.24. The lowest BCUT2D eigenvalue weighted by Crippen LogP contribution is -2.22. The highest BCUT2D eigenvalue weighted by molar-refractivity contribution is 6.31. The zero-order chi connectivity index (χ0) is 17.3. The number of pyridine rings is 1. The number of fused-ring (bicyclic) bond motifs is 1. The lowest BCUT2D eigenvalue weighted by molar-refractivity contribution is 0.102. The van der Waals surface area contributed by atoms with Crippen LogP contribution in [0.5, 0.6) is 5.75 Å². The van der Waals surface area contributed by atoms with E-state index in [1.54, 1.807) is 43.3 Å². The molecule has 2 aromatic carbocycles. The molecule has 0 aliphatic rings. The predicted molar refractivity (Wildman–Crippen MR) is 95.3 cm³/mol. The van der Waals surface area contributed by atoms with E-state index in [0.29, 0.717) is 27.4 Å². The lowest BCUT2D eigenvalue weighted by Gasteiger charge is -2.10. The van der Waals surface area contributed by atoms with Gasteiger partial charge >= 0.3 is 0 Å². The topological polar surface area (TPSA) is 71.2 Å². The maximum absolute atomic E-state index is 12.6. The summed E-state index contributed by atoms with van der Waals surface area (Å²) in [6.07, 6.45) is 1.39. The molecule has 1 aromatic heterocycles. The van der Waals surface area contributed by atoms with Crippen molar-refractivity contribution in [1.82, 2.24) is 4.98 Å². The number of halogens is 1. The Morgan fingerprint density at radius 2 is 1.96 bits per heavy atom. The summed E-state index contributed by atoms with van der Waals surface area (Å²) in [6, 6.07) is 10.3. The molecule has 6 heteroatoms.